The fourth-order valence-corrected chi connectivity index (χ4v) is 5.51. The van der Waals surface area contributed by atoms with Gasteiger partial charge in [0, 0.05) is 23.5 Å². The number of ether oxygens (including phenoxy) is 1. The Morgan fingerprint density at radius 3 is 2.51 bits per heavy atom. The predicted octanol–water partition coefficient (Wildman–Crippen LogP) is 7.46. The highest BCUT2D eigenvalue weighted by molar-refractivity contribution is 5.85. The van der Waals surface area contributed by atoms with E-state index in [0.29, 0.717) is 17.6 Å². The van der Waals surface area contributed by atoms with E-state index in [1.807, 2.05) is 12.3 Å². The largest absolute Gasteiger partial charge is 0.573 e. The number of aromatic amines is 1. The molecule has 2 heterocycles. The zero-order chi connectivity index (χ0) is 24.8. The summed E-state index contributed by atoms with van der Waals surface area (Å²) in [6.45, 7) is 6.90. The van der Waals surface area contributed by atoms with Crippen molar-refractivity contribution >= 4 is 22.7 Å². The Morgan fingerprint density at radius 2 is 1.86 bits per heavy atom. The molecule has 35 heavy (non-hydrogen) atoms. The number of nitrogens with one attached hydrogen (secondary N) is 2. The molecule has 1 fully saturated rings. The predicted molar refractivity (Wildman–Crippen MR) is 130 cm³/mol. The highest BCUT2D eigenvalue weighted by atomic mass is 19.4. The number of nitrogens with zero attached hydrogens (tertiary/aromatic N) is 3. The van der Waals surface area contributed by atoms with Crippen LogP contribution in [0.25, 0.3) is 22.2 Å². The molecule has 0 amide bonds. The first-order chi connectivity index (χ1) is 16.6. The summed E-state index contributed by atoms with van der Waals surface area (Å²) in [5.41, 5.74) is 4.68. The summed E-state index contributed by atoms with van der Waals surface area (Å²) in [5, 5.41) is 10.2. The molecule has 9 heteroatoms. The Bertz CT molecular complexity index is 1310. The number of hydrogen-bond acceptors (Lipinski definition) is 4. The van der Waals surface area contributed by atoms with Crippen LogP contribution < -0.4 is 10.1 Å². The van der Waals surface area contributed by atoms with Crippen LogP contribution in [0, 0.1) is 11.3 Å². The fraction of sp³-hybridized carbons (Fsp3) is 0.385. The number of H-pyrrole nitrogens is 1. The molecule has 0 bridgehead atoms. The van der Waals surface area contributed by atoms with Gasteiger partial charge in [-0.3, -0.25) is 5.10 Å². The van der Waals surface area contributed by atoms with Crippen LogP contribution >= 0.6 is 0 Å². The topological polar surface area (TPSA) is 67.8 Å². The second-order valence-corrected chi connectivity index (χ2v) is 10.3. The number of aromatic nitrogens is 4. The van der Waals surface area contributed by atoms with Crippen molar-refractivity contribution in [3.63, 3.8) is 0 Å². The van der Waals surface area contributed by atoms with E-state index in [2.05, 4.69) is 57.7 Å². The molecule has 0 radical (unpaired) electrons. The van der Waals surface area contributed by atoms with Crippen molar-refractivity contribution in [3.05, 3.63) is 54.9 Å². The van der Waals surface area contributed by atoms with Crippen molar-refractivity contribution < 1.29 is 17.9 Å². The first-order valence-corrected chi connectivity index (χ1v) is 11.7. The number of alkyl halides is 3. The molecule has 5 rings (SSSR count). The van der Waals surface area contributed by atoms with E-state index < -0.39 is 6.36 Å². The molecule has 6 nitrogen and oxygen atoms in total. The van der Waals surface area contributed by atoms with Crippen molar-refractivity contribution in [3.8, 4) is 16.9 Å². The van der Waals surface area contributed by atoms with Crippen LogP contribution in [0.2, 0.25) is 0 Å². The maximum absolute atomic E-state index is 12.5. The number of benzene rings is 2. The summed E-state index contributed by atoms with van der Waals surface area (Å²) in [6.07, 6.45) is 2.11. The Kier molecular flexibility index (Phi) is 5.73. The third-order valence-electron chi connectivity index (χ3n) is 6.59. The maximum Gasteiger partial charge on any atom is 0.573 e. The summed E-state index contributed by atoms with van der Waals surface area (Å²) < 4.78 is 43.9. The van der Waals surface area contributed by atoms with Crippen LogP contribution in [0.3, 0.4) is 0 Å². The lowest BCUT2D eigenvalue weighted by atomic mass is 9.70. The van der Waals surface area contributed by atoms with Gasteiger partial charge in [0.05, 0.1) is 17.2 Å². The summed E-state index contributed by atoms with van der Waals surface area (Å²) in [6, 6.07) is 12.2. The Balaban J connectivity index is 1.54. The van der Waals surface area contributed by atoms with Crippen LogP contribution in [0.5, 0.6) is 5.75 Å². The molecule has 1 aliphatic rings. The highest BCUT2D eigenvalue weighted by Gasteiger charge is 2.35. The fourth-order valence-electron chi connectivity index (χ4n) is 5.51. The lowest BCUT2D eigenvalue weighted by Crippen LogP contribution is -2.29. The molecule has 1 saturated carbocycles. The van der Waals surface area contributed by atoms with Crippen molar-refractivity contribution in [2.24, 2.45) is 11.3 Å². The van der Waals surface area contributed by atoms with E-state index in [9.17, 15) is 13.2 Å². The molecule has 2 aromatic heterocycles. The summed E-state index contributed by atoms with van der Waals surface area (Å²) >= 11 is 0. The molecular formula is C26H28F3N5O. The SMILES string of the molecule is C[C@@H]1C[C@H](n2c(Nc3ccc(OC(F)(F)F)cc3)nc3cc(-c4cn[nH]c4)ccc32)CC(C)(C)C1. The van der Waals surface area contributed by atoms with Crippen molar-refractivity contribution in [2.45, 2.75) is 52.4 Å². The Labute approximate surface area is 201 Å². The lowest BCUT2D eigenvalue weighted by Gasteiger charge is -2.40. The van der Waals surface area contributed by atoms with E-state index in [4.69, 9.17) is 4.98 Å². The molecule has 0 unspecified atom stereocenters. The van der Waals surface area contributed by atoms with Gasteiger partial charge < -0.3 is 14.6 Å². The molecule has 0 saturated heterocycles. The highest BCUT2D eigenvalue weighted by Crippen LogP contribution is 2.46. The maximum atomic E-state index is 12.5. The summed E-state index contributed by atoms with van der Waals surface area (Å²) in [7, 11) is 0. The lowest BCUT2D eigenvalue weighted by molar-refractivity contribution is -0.274. The first kappa shape index (κ1) is 23.3. The van der Waals surface area contributed by atoms with Crippen LogP contribution in [0.1, 0.15) is 46.1 Å². The number of anilines is 2. The quantitative estimate of drug-likeness (QED) is 0.309. The van der Waals surface area contributed by atoms with Crippen LogP contribution in [-0.4, -0.2) is 26.1 Å². The van der Waals surface area contributed by atoms with Gasteiger partial charge >= 0.3 is 6.36 Å². The second kappa shape index (κ2) is 8.62. The number of halogens is 3. The van der Waals surface area contributed by atoms with E-state index in [-0.39, 0.29) is 17.2 Å². The third-order valence-corrected chi connectivity index (χ3v) is 6.59. The van der Waals surface area contributed by atoms with Gasteiger partial charge in [-0.2, -0.15) is 5.10 Å². The molecule has 0 aliphatic heterocycles. The van der Waals surface area contributed by atoms with Crippen molar-refractivity contribution in [1.29, 1.82) is 0 Å². The molecule has 0 spiro atoms. The van der Waals surface area contributed by atoms with Crippen LogP contribution in [0.15, 0.2) is 54.9 Å². The average molecular weight is 484 g/mol. The van der Waals surface area contributed by atoms with Gasteiger partial charge in [0.2, 0.25) is 5.95 Å². The number of imidazole rings is 1. The van der Waals surface area contributed by atoms with Crippen molar-refractivity contribution in [2.75, 3.05) is 5.32 Å². The smallest absolute Gasteiger partial charge is 0.406 e. The van der Waals surface area contributed by atoms with Gasteiger partial charge in [-0.25, -0.2) is 4.98 Å². The summed E-state index contributed by atoms with van der Waals surface area (Å²) in [4.78, 5) is 4.92. The van der Waals surface area contributed by atoms with E-state index in [0.717, 1.165) is 35.0 Å². The molecule has 2 N–H and O–H groups in total. The van der Waals surface area contributed by atoms with Gasteiger partial charge in [-0.15, -0.1) is 13.2 Å². The van der Waals surface area contributed by atoms with Gasteiger partial charge in [0.25, 0.3) is 0 Å². The third kappa shape index (κ3) is 5.13. The Hall–Kier alpha value is -3.49. The normalized spacial score (nSPS) is 20.2. The number of rotatable bonds is 5. The zero-order valence-electron chi connectivity index (χ0n) is 19.9. The monoisotopic (exact) mass is 483 g/mol. The number of hydrogen-bond donors (Lipinski definition) is 2. The van der Waals surface area contributed by atoms with Gasteiger partial charge in [0.15, 0.2) is 0 Å². The molecule has 2 atom stereocenters. The zero-order valence-corrected chi connectivity index (χ0v) is 19.9. The molecule has 2 aromatic carbocycles. The van der Waals surface area contributed by atoms with Gasteiger partial charge in [-0.05, 0) is 72.6 Å². The second-order valence-electron chi connectivity index (χ2n) is 10.3. The van der Waals surface area contributed by atoms with Crippen LogP contribution in [-0.2, 0) is 0 Å². The van der Waals surface area contributed by atoms with Gasteiger partial charge in [0.1, 0.15) is 5.75 Å². The van der Waals surface area contributed by atoms with Crippen molar-refractivity contribution in [1.82, 2.24) is 19.7 Å². The minimum Gasteiger partial charge on any atom is -0.406 e. The van der Waals surface area contributed by atoms with Gasteiger partial charge in [-0.1, -0.05) is 26.8 Å². The standard InChI is InChI=1S/C26H28F3N5O/c1-16-10-20(13-25(2,3)12-16)34-23-9-4-17(18-14-30-31-15-18)11-22(23)33-24(34)32-19-5-7-21(8-6-19)35-26(27,28)29/h4-9,11,14-16,20H,10,12-13H2,1-3H3,(H,30,31)(H,32,33)/t16-,20+/m1/s1. The van der Waals surface area contributed by atoms with E-state index in [1.165, 1.54) is 18.6 Å². The molecular weight excluding hydrogens is 455 g/mol. The Morgan fingerprint density at radius 1 is 1.09 bits per heavy atom. The minimum absolute atomic E-state index is 0.198. The minimum atomic E-state index is -4.72. The molecule has 184 valence electrons. The molecule has 4 aromatic rings. The van der Waals surface area contributed by atoms with Crippen LogP contribution in [0.4, 0.5) is 24.8 Å². The average Bonchev–Trinajstić information content (AvgIpc) is 3.40. The number of fused-ring (bicyclic) bond motifs is 1. The first-order valence-electron chi connectivity index (χ1n) is 11.7. The summed E-state index contributed by atoms with van der Waals surface area (Å²) in [5.74, 6) is 0.978. The van der Waals surface area contributed by atoms with E-state index in [1.54, 1.807) is 18.3 Å². The van der Waals surface area contributed by atoms with E-state index >= 15 is 0 Å². The molecule has 1 aliphatic carbocycles.